The number of para-hydroxylation sites is 3. The molecule has 0 amide bonds. The summed E-state index contributed by atoms with van der Waals surface area (Å²) in [4.78, 5) is 26.5. The van der Waals surface area contributed by atoms with Crippen molar-refractivity contribution in [1.82, 2.24) is 43.6 Å². The third-order valence-corrected chi connectivity index (χ3v) is 15.1. The highest BCUT2D eigenvalue weighted by atomic mass is 19.1. The van der Waals surface area contributed by atoms with Crippen molar-refractivity contribution in [3.8, 4) is 50.8 Å². The number of nitrogens with zero attached hydrogens (tertiary/aromatic N) is 9. The number of rotatable bonds is 7. The standard InChI is InChI=1S/C24H19FN4.2C23H17FN4/c1-15-6-5-7-16(12-15)23-22(25)24(18-8-3-4-9-19(18)28-23)29-11-10-17-14-27-21(26-2)13-20(17)29;1-14-5-4-6-15(13-14)21-20(24)22(16-7-2-3-8-18(16)27-21)28-12-10-17-19(28)9-11-26-23(17)25;1-14-5-4-6-15(11-14)22-21(24)23(17-7-2-3-8-18(17)27-22)28-10-9-16-13-26-20(25)12-19(16)28/h3-14H,1-2H3,(H,26,27);2*2-13H,1H3,(H2,25,26). The Labute approximate surface area is 486 Å². The van der Waals surface area contributed by atoms with Gasteiger partial charge in [-0.1, -0.05) is 126 Å². The predicted molar refractivity (Wildman–Crippen MR) is 338 cm³/mol. The van der Waals surface area contributed by atoms with Crippen molar-refractivity contribution >= 4 is 82.9 Å². The molecule has 9 aromatic heterocycles. The lowest BCUT2D eigenvalue weighted by Gasteiger charge is -2.15. The molecule has 0 radical (unpaired) electrons. The van der Waals surface area contributed by atoms with Gasteiger partial charge >= 0.3 is 0 Å². The first-order valence-corrected chi connectivity index (χ1v) is 27.5. The Balaban J connectivity index is 0.000000119. The van der Waals surface area contributed by atoms with E-state index < -0.39 is 0 Å². The van der Waals surface area contributed by atoms with Crippen molar-refractivity contribution in [1.29, 1.82) is 0 Å². The van der Waals surface area contributed by atoms with Gasteiger partial charge in [0, 0.05) is 105 Å². The smallest absolute Gasteiger partial charge is 0.174 e. The molecule has 15 rings (SSSR count). The average molecular weight is 1120 g/mol. The minimum atomic E-state index is -0.364. The van der Waals surface area contributed by atoms with Crippen LogP contribution in [-0.4, -0.2) is 50.7 Å². The van der Waals surface area contributed by atoms with Crippen LogP contribution in [0.2, 0.25) is 0 Å². The Kier molecular flexibility index (Phi) is 13.7. The van der Waals surface area contributed by atoms with Gasteiger partial charge in [-0.15, -0.1) is 0 Å². The number of pyridine rings is 6. The molecule has 0 saturated carbocycles. The number of nitrogens with one attached hydrogen (secondary N) is 1. The van der Waals surface area contributed by atoms with E-state index in [9.17, 15) is 0 Å². The molecule has 6 aromatic carbocycles. The summed E-state index contributed by atoms with van der Waals surface area (Å²) in [5.41, 5.74) is 24.5. The van der Waals surface area contributed by atoms with Crippen LogP contribution in [0.15, 0.2) is 219 Å². The van der Waals surface area contributed by atoms with Gasteiger partial charge < -0.3 is 30.5 Å². The molecule has 12 nitrogen and oxygen atoms in total. The fourth-order valence-corrected chi connectivity index (χ4v) is 11.1. The number of fused-ring (bicyclic) bond motifs is 6. The second-order valence-corrected chi connectivity index (χ2v) is 20.8. The predicted octanol–water partition coefficient (Wildman–Crippen LogP) is 16.3. The largest absolute Gasteiger partial charge is 0.384 e. The van der Waals surface area contributed by atoms with Gasteiger partial charge in [0.25, 0.3) is 0 Å². The summed E-state index contributed by atoms with van der Waals surface area (Å²) >= 11 is 0. The average Bonchev–Trinajstić information content (AvgIpc) is 2.31. The van der Waals surface area contributed by atoms with E-state index in [-0.39, 0.29) is 17.5 Å². The summed E-state index contributed by atoms with van der Waals surface area (Å²) in [6.45, 7) is 5.96. The van der Waals surface area contributed by atoms with E-state index in [1.54, 1.807) is 24.7 Å². The van der Waals surface area contributed by atoms with Gasteiger partial charge in [0.1, 0.15) is 34.5 Å². The lowest BCUT2D eigenvalue weighted by atomic mass is 10.0. The first kappa shape index (κ1) is 53.1. The summed E-state index contributed by atoms with van der Waals surface area (Å²) in [5.74, 6) is 0.484. The first-order chi connectivity index (χ1) is 41.4. The molecule has 0 spiro atoms. The lowest BCUT2D eigenvalue weighted by Crippen LogP contribution is -2.03. The van der Waals surface area contributed by atoms with Crippen molar-refractivity contribution in [2.24, 2.45) is 0 Å². The van der Waals surface area contributed by atoms with Gasteiger partial charge in [-0.2, -0.15) is 0 Å². The monoisotopic (exact) mass is 1120 g/mol. The highest BCUT2D eigenvalue weighted by Gasteiger charge is 2.23. The minimum absolute atomic E-state index is 0.335. The van der Waals surface area contributed by atoms with E-state index in [0.29, 0.717) is 45.8 Å². The summed E-state index contributed by atoms with van der Waals surface area (Å²) in [6, 6.07) is 57.3. The second-order valence-electron chi connectivity index (χ2n) is 20.8. The molecule has 0 atom stereocenters. The number of hydrogen-bond donors (Lipinski definition) is 3. The van der Waals surface area contributed by atoms with E-state index in [4.69, 9.17) is 11.5 Å². The third kappa shape index (κ3) is 9.82. The van der Waals surface area contributed by atoms with Crippen molar-refractivity contribution in [2.75, 3.05) is 23.8 Å². The van der Waals surface area contributed by atoms with E-state index in [1.165, 1.54) is 0 Å². The second kappa shape index (κ2) is 21.9. The summed E-state index contributed by atoms with van der Waals surface area (Å²) < 4.78 is 53.3. The molecule has 0 aliphatic heterocycles. The van der Waals surface area contributed by atoms with Crippen LogP contribution in [0.1, 0.15) is 16.7 Å². The summed E-state index contributed by atoms with van der Waals surface area (Å²) in [5, 5.41) is 7.93. The first-order valence-electron chi connectivity index (χ1n) is 27.5. The summed E-state index contributed by atoms with van der Waals surface area (Å²) in [7, 11) is 1.82. The SMILES string of the molecule is CNc1cc2c(ccn2-c2c(F)c(-c3cccc(C)c3)nc3ccccc23)cn1.Cc1cccc(-c2nc3ccccc3c(-n3ccc4c(N)nccc43)c2F)c1.Cc1cccc(-c2nc3ccccc3c(-n3ccc4cnc(N)cc43)c2F)c1. The van der Waals surface area contributed by atoms with Crippen LogP contribution in [0, 0.1) is 38.2 Å². The molecule has 5 N–H and O–H groups in total. The molecule has 0 fully saturated rings. The molecule has 0 unspecified atom stereocenters. The summed E-state index contributed by atoms with van der Waals surface area (Å²) in [6.07, 6.45) is 10.7. The van der Waals surface area contributed by atoms with E-state index in [0.717, 1.165) is 105 Å². The van der Waals surface area contributed by atoms with E-state index in [2.05, 4.69) is 35.2 Å². The topological polar surface area (TPSA) is 156 Å². The molecule has 0 aliphatic carbocycles. The van der Waals surface area contributed by atoms with Crippen LogP contribution >= 0.6 is 0 Å². The number of anilines is 3. The van der Waals surface area contributed by atoms with Crippen LogP contribution in [0.25, 0.3) is 116 Å². The van der Waals surface area contributed by atoms with Crippen molar-refractivity contribution in [3.63, 3.8) is 0 Å². The maximum atomic E-state index is 16.0. The van der Waals surface area contributed by atoms with Crippen molar-refractivity contribution in [2.45, 2.75) is 20.8 Å². The number of nitrogens with two attached hydrogens (primary N) is 2. The normalized spacial score (nSPS) is 11.3. The Hall–Kier alpha value is -11.2. The number of aromatic nitrogens is 9. The Morgan fingerprint density at radius 1 is 0.400 bits per heavy atom. The molecule has 9 heterocycles. The maximum Gasteiger partial charge on any atom is 0.174 e. The minimum Gasteiger partial charge on any atom is -0.384 e. The van der Waals surface area contributed by atoms with Gasteiger partial charge in [-0.3, -0.25) is 0 Å². The van der Waals surface area contributed by atoms with Crippen LogP contribution in [-0.2, 0) is 0 Å². The zero-order valence-corrected chi connectivity index (χ0v) is 46.6. The fourth-order valence-electron chi connectivity index (χ4n) is 11.1. The van der Waals surface area contributed by atoms with Gasteiger partial charge in [0.15, 0.2) is 17.5 Å². The molecule has 15 aromatic rings. The number of nitrogen functional groups attached to an aromatic ring is 2. The lowest BCUT2D eigenvalue weighted by molar-refractivity contribution is 0.620. The van der Waals surface area contributed by atoms with Crippen LogP contribution in [0.4, 0.5) is 30.6 Å². The van der Waals surface area contributed by atoms with Gasteiger partial charge in [0.2, 0.25) is 0 Å². The molecule has 15 heteroatoms. The molecule has 414 valence electrons. The maximum absolute atomic E-state index is 16.0. The molecular formula is C70H53F3N12. The third-order valence-electron chi connectivity index (χ3n) is 15.1. The van der Waals surface area contributed by atoms with Gasteiger partial charge in [0.05, 0.1) is 50.2 Å². The van der Waals surface area contributed by atoms with Crippen LogP contribution in [0.3, 0.4) is 0 Å². The number of benzene rings is 6. The quantitative estimate of drug-likeness (QED) is 0.141. The molecule has 85 heavy (non-hydrogen) atoms. The van der Waals surface area contributed by atoms with Gasteiger partial charge in [-0.05, 0) is 81.4 Å². The highest BCUT2D eigenvalue weighted by Crippen LogP contribution is 2.38. The number of hydrogen-bond acceptors (Lipinski definition) is 9. The zero-order chi connectivity index (χ0) is 58.5. The van der Waals surface area contributed by atoms with E-state index in [1.807, 2.05) is 236 Å². The molecule has 0 bridgehead atoms. The Morgan fingerprint density at radius 3 is 1.26 bits per heavy atom. The molecule has 0 saturated heterocycles. The van der Waals surface area contributed by atoms with Crippen molar-refractivity contribution < 1.29 is 13.2 Å². The van der Waals surface area contributed by atoms with Crippen molar-refractivity contribution in [3.05, 3.63) is 253 Å². The molecule has 0 aliphatic rings. The van der Waals surface area contributed by atoms with Gasteiger partial charge in [-0.25, -0.2) is 43.1 Å². The Morgan fingerprint density at radius 2 is 0.812 bits per heavy atom. The van der Waals surface area contributed by atoms with E-state index >= 15 is 13.2 Å². The van der Waals surface area contributed by atoms with Crippen LogP contribution < -0.4 is 16.8 Å². The van der Waals surface area contributed by atoms with Crippen LogP contribution in [0.5, 0.6) is 0 Å². The zero-order valence-electron chi connectivity index (χ0n) is 46.6. The number of aryl methyl sites for hydroxylation is 3. The molecular weight excluding hydrogens is 1070 g/mol. The Bertz CT molecular complexity index is 4950. The highest BCUT2D eigenvalue weighted by molar-refractivity contribution is 5.98. The fraction of sp³-hybridized carbons (Fsp3) is 0.0571. The number of halogens is 3.